The molecule has 0 saturated heterocycles. The lowest BCUT2D eigenvalue weighted by Crippen LogP contribution is -2.17. The first-order valence-electron chi connectivity index (χ1n) is 6.54. The van der Waals surface area contributed by atoms with Crippen molar-refractivity contribution in [2.24, 2.45) is 0 Å². The number of hydrogen-bond acceptors (Lipinski definition) is 4. The number of aryl methyl sites for hydroxylation is 1. The fourth-order valence-corrected chi connectivity index (χ4v) is 3.61. The van der Waals surface area contributed by atoms with Crippen LogP contribution in [-0.4, -0.2) is 23.1 Å². The van der Waals surface area contributed by atoms with Gasteiger partial charge in [0.05, 0.1) is 22.5 Å². The molecular formula is C14H14F2N2O4S2. The van der Waals surface area contributed by atoms with Crippen LogP contribution >= 0.6 is 0 Å². The van der Waals surface area contributed by atoms with Crippen molar-refractivity contribution in [2.45, 2.75) is 11.8 Å². The van der Waals surface area contributed by atoms with Crippen molar-refractivity contribution in [1.82, 2.24) is 0 Å². The molecule has 0 spiro atoms. The Balaban J connectivity index is 2.45. The summed E-state index contributed by atoms with van der Waals surface area (Å²) >= 11 is 0. The molecule has 0 heterocycles. The minimum Gasteiger partial charge on any atom is -0.282 e. The third-order valence-corrected chi connectivity index (χ3v) is 4.91. The zero-order chi connectivity index (χ0) is 18.1. The maximum Gasteiger partial charge on any atom is 0.261 e. The molecule has 0 radical (unpaired) electrons. The van der Waals surface area contributed by atoms with Crippen LogP contribution in [0.5, 0.6) is 0 Å². The highest BCUT2D eigenvalue weighted by molar-refractivity contribution is 7.93. The number of hydrogen-bond donors (Lipinski definition) is 2. The molecule has 2 rings (SSSR count). The molecule has 0 atom stereocenters. The Morgan fingerprint density at radius 2 is 1.54 bits per heavy atom. The van der Waals surface area contributed by atoms with E-state index in [-0.39, 0.29) is 21.8 Å². The summed E-state index contributed by atoms with van der Waals surface area (Å²) < 4.78 is 78.3. The van der Waals surface area contributed by atoms with Crippen LogP contribution in [0.1, 0.15) is 5.56 Å². The van der Waals surface area contributed by atoms with Crippen LogP contribution in [0.3, 0.4) is 0 Å². The highest BCUT2D eigenvalue weighted by Crippen LogP contribution is 2.27. The number of sulfonamides is 2. The minimum atomic E-state index is -4.17. The molecule has 0 bridgehead atoms. The zero-order valence-electron chi connectivity index (χ0n) is 12.7. The van der Waals surface area contributed by atoms with Crippen LogP contribution < -0.4 is 9.44 Å². The number of anilines is 2. The largest absolute Gasteiger partial charge is 0.282 e. The van der Waals surface area contributed by atoms with E-state index in [1.54, 1.807) is 0 Å². The molecule has 2 aromatic rings. The van der Waals surface area contributed by atoms with Crippen molar-refractivity contribution < 1.29 is 25.6 Å². The van der Waals surface area contributed by atoms with E-state index in [0.29, 0.717) is 0 Å². The van der Waals surface area contributed by atoms with Crippen LogP contribution in [0.25, 0.3) is 0 Å². The smallest absolute Gasteiger partial charge is 0.261 e. The van der Waals surface area contributed by atoms with Gasteiger partial charge in [-0.15, -0.1) is 0 Å². The summed E-state index contributed by atoms with van der Waals surface area (Å²) in [6, 6.07) is 6.05. The second-order valence-electron chi connectivity index (χ2n) is 5.08. The van der Waals surface area contributed by atoms with E-state index in [1.165, 1.54) is 6.92 Å². The average molecular weight is 376 g/mol. The van der Waals surface area contributed by atoms with Gasteiger partial charge in [0.25, 0.3) is 10.0 Å². The summed E-state index contributed by atoms with van der Waals surface area (Å²) in [4.78, 5) is -0.240. The van der Waals surface area contributed by atoms with Gasteiger partial charge in [-0.3, -0.25) is 9.44 Å². The van der Waals surface area contributed by atoms with E-state index < -0.39 is 31.7 Å². The molecule has 0 saturated carbocycles. The van der Waals surface area contributed by atoms with Crippen LogP contribution in [0, 0.1) is 18.6 Å². The first-order valence-corrected chi connectivity index (χ1v) is 9.92. The molecule has 130 valence electrons. The van der Waals surface area contributed by atoms with Crippen LogP contribution in [0.4, 0.5) is 20.2 Å². The van der Waals surface area contributed by atoms with Crippen molar-refractivity contribution in [3.05, 3.63) is 53.6 Å². The summed E-state index contributed by atoms with van der Waals surface area (Å²) in [6.45, 7) is 1.40. The van der Waals surface area contributed by atoms with Crippen LogP contribution in [0.2, 0.25) is 0 Å². The fourth-order valence-electron chi connectivity index (χ4n) is 1.88. The Morgan fingerprint density at radius 3 is 2.12 bits per heavy atom. The monoisotopic (exact) mass is 376 g/mol. The van der Waals surface area contributed by atoms with Gasteiger partial charge in [-0.2, -0.15) is 0 Å². The third-order valence-electron chi connectivity index (χ3n) is 2.96. The molecule has 0 amide bonds. The van der Waals surface area contributed by atoms with Gasteiger partial charge in [0, 0.05) is 6.07 Å². The van der Waals surface area contributed by atoms with E-state index in [0.717, 1.165) is 42.7 Å². The third kappa shape index (κ3) is 4.42. The van der Waals surface area contributed by atoms with Crippen molar-refractivity contribution in [1.29, 1.82) is 0 Å². The molecule has 0 aromatic heterocycles. The molecule has 0 aliphatic carbocycles. The Hall–Kier alpha value is -2.20. The molecule has 6 nitrogen and oxygen atoms in total. The standard InChI is InChI=1S/C14H14F2N2O4S2/c1-9-7-11(4-5-12(9)16)24(21,22)18-14-8-10(15)3-6-13(14)17-23(2,19)20/h3-8,17-18H,1-2H3. The van der Waals surface area contributed by atoms with Gasteiger partial charge in [-0.25, -0.2) is 25.6 Å². The Bertz CT molecular complexity index is 990. The summed E-state index contributed by atoms with van der Waals surface area (Å²) in [5.74, 6) is -1.33. The minimum absolute atomic E-state index is 0.117. The molecule has 24 heavy (non-hydrogen) atoms. The molecule has 0 aliphatic rings. The molecule has 0 fully saturated rings. The Labute approximate surface area is 138 Å². The highest BCUT2D eigenvalue weighted by Gasteiger charge is 2.19. The van der Waals surface area contributed by atoms with E-state index in [1.807, 2.05) is 0 Å². The molecular weight excluding hydrogens is 362 g/mol. The zero-order valence-corrected chi connectivity index (χ0v) is 14.3. The average Bonchev–Trinajstić information content (AvgIpc) is 2.43. The van der Waals surface area contributed by atoms with Gasteiger partial charge in [0.15, 0.2) is 0 Å². The predicted molar refractivity (Wildman–Crippen MR) is 86.8 cm³/mol. The Kier molecular flexibility index (Phi) is 4.81. The van der Waals surface area contributed by atoms with Gasteiger partial charge < -0.3 is 0 Å². The molecule has 0 unspecified atom stereocenters. The van der Waals surface area contributed by atoms with E-state index in [2.05, 4.69) is 9.44 Å². The van der Waals surface area contributed by atoms with E-state index >= 15 is 0 Å². The predicted octanol–water partition coefficient (Wildman–Crippen LogP) is 2.45. The van der Waals surface area contributed by atoms with E-state index in [4.69, 9.17) is 0 Å². The van der Waals surface area contributed by atoms with Crippen molar-refractivity contribution >= 4 is 31.4 Å². The van der Waals surface area contributed by atoms with Gasteiger partial charge >= 0.3 is 0 Å². The van der Waals surface area contributed by atoms with Crippen molar-refractivity contribution in [2.75, 3.05) is 15.7 Å². The van der Waals surface area contributed by atoms with Gasteiger partial charge in [0.2, 0.25) is 10.0 Å². The maximum absolute atomic E-state index is 13.4. The second-order valence-corrected chi connectivity index (χ2v) is 8.51. The second kappa shape index (κ2) is 6.36. The summed E-state index contributed by atoms with van der Waals surface area (Å²) in [6.07, 6.45) is 0.873. The quantitative estimate of drug-likeness (QED) is 0.838. The SMILES string of the molecule is Cc1cc(S(=O)(=O)Nc2cc(F)ccc2NS(C)(=O)=O)ccc1F. The van der Waals surface area contributed by atoms with E-state index in [9.17, 15) is 25.6 Å². The number of nitrogens with one attached hydrogen (secondary N) is 2. The number of rotatable bonds is 5. The van der Waals surface area contributed by atoms with Gasteiger partial charge in [-0.05, 0) is 42.8 Å². The lowest BCUT2D eigenvalue weighted by molar-refractivity contribution is 0.597. The van der Waals surface area contributed by atoms with Gasteiger partial charge in [-0.1, -0.05) is 0 Å². The molecule has 0 aliphatic heterocycles. The molecule has 10 heteroatoms. The fraction of sp³-hybridized carbons (Fsp3) is 0.143. The van der Waals surface area contributed by atoms with Crippen LogP contribution in [-0.2, 0) is 20.0 Å². The maximum atomic E-state index is 13.4. The Morgan fingerprint density at radius 1 is 0.875 bits per heavy atom. The normalized spacial score (nSPS) is 12.0. The number of benzene rings is 2. The highest BCUT2D eigenvalue weighted by atomic mass is 32.2. The topological polar surface area (TPSA) is 92.3 Å². The first kappa shape index (κ1) is 18.1. The van der Waals surface area contributed by atoms with Crippen LogP contribution in [0.15, 0.2) is 41.3 Å². The summed E-state index contributed by atoms with van der Waals surface area (Å²) in [7, 11) is -7.87. The summed E-state index contributed by atoms with van der Waals surface area (Å²) in [5.41, 5.74) is -0.310. The first-order chi connectivity index (χ1) is 11.0. The molecule has 2 aromatic carbocycles. The van der Waals surface area contributed by atoms with Gasteiger partial charge in [0.1, 0.15) is 11.6 Å². The van der Waals surface area contributed by atoms with Crippen molar-refractivity contribution in [3.8, 4) is 0 Å². The molecule has 2 N–H and O–H groups in total. The lowest BCUT2D eigenvalue weighted by atomic mass is 10.2. The van der Waals surface area contributed by atoms with Crippen molar-refractivity contribution in [3.63, 3.8) is 0 Å². The number of halogens is 2. The lowest BCUT2D eigenvalue weighted by Gasteiger charge is -2.14. The summed E-state index contributed by atoms with van der Waals surface area (Å²) in [5, 5.41) is 0.